The second kappa shape index (κ2) is 14.0. The summed E-state index contributed by atoms with van der Waals surface area (Å²) >= 11 is 0. The Morgan fingerprint density at radius 3 is 2.78 bits per heavy atom. The van der Waals surface area contributed by atoms with E-state index < -0.39 is 0 Å². The number of allylic oxidation sites excluding steroid dienone is 1. The highest BCUT2D eigenvalue weighted by Gasteiger charge is 2.27. The second-order valence-corrected chi connectivity index (χ2v) is 7.09. The lowest BCUT2D eigenvalue weighted by Gasteiger charge is -2.33. The molecule has 1 N–H and O–H groups in total. The maximum atomic E-state index is 6.10. The van der Waals surface area contributed by atoms with Gasteiger partial charge in [-0.05, 0) is 37.7 Å². The fourth-order valence-corrected chi connectivity index (χ4v) is 3.59. The lowest BCUT2D eigenvalue weighted by atomic mass is 9.89. The third-order valence-corrected chi connectivity index (χ3v) is 5.07. The molecule has 0 bridgehead atoms. The van der Waals surface area contributed by atoms with E-state index in [0.29, 0.717) is 5.92 Å². The van der Waals surface area contributed by atoms with Crippen molar-refractivity contribution < 1.29 is 4.74 Å². The Labute approximate surface area is 182 Å². The van der Waals surface area contributed by atoms with Gasteiger partial charge >= 0.3 is 0 Å². The zero-order valence-corrected chi connectivity index (χ0v) is 19.2. The van der Waals surface area contributed by atoms with Gasteiger partial charge in [-0.1, -0.05) is 42.8 Å². The number of guanidine groups is 1. The van der Waals surface area contributed by atoms with Gasteiger partial charge in [-0.25, -0.2) is 0 Å². The van der Waals surface area contributed by atoms with Crippen molar-refractivity contribution in [2.24, 2.45) is 10.9 Å². The second-order valence-electron chi connectivity index (χ2n) is 7.09. The van der Waals surface area contributed by atoms with Gasteiger partial charge in [-0.3, -0.25) is 4.99 Å². The Kier molecular flexibility index (Phi) is 12.4. The fraction of sp³-hybridized carbons (Fsp3) is 0.591. The van der Waals surface area contributed by atoms with E-state index in [2.05, 4.69) is 59.2 Å². The molecule has 4 nitrogen and oxygen atoms in total. The number of aliphatic imine (C=N–C) groups is 1. The van der Waals surface area contributed by atoms with Gasteiger partial charge in [-0.2, -0.15) is 0 Å². The highest BCUT2D eigenvalue weighted by molar-refractivity contribution is 14.0. The van der Waals surface area contributed by atoms with Gasteiger partial charge < -0.3 is 15.0 Å². The van der Waals surface area contributed by atoms with Crippen LogP contribution >= 0.6 is 24.0 Å². The lowest BCUT2D eigenvalue weighted by Crippen LogP contribution is -2.43. The topological polar surface area (TPSA) is 36.9 Å². The van der Waals surface area contributed by atoms with Gasteiger partial charge in [0, 0.05) is 39.7 Å². The van der Waals surface area contributed by atoms with Crippen molar-refractivity contribution in [1.82, 2.24) is 10.2 Å². The molecule has 5 heteroatoms. The summed E-state index contributed by atoms with van der Waals surface area (Å²) in [7, 11) is 3.98. The fourth-order valence-electron chi connectivity index (χ4n) is 3.59. The number of halogens is 1. The van der Waals surface area contributed by atoms with E-state index in [1.54, 1.807) is 0 Å². The molecule has 1 saturated heterocycles. The summed E-state index contributed by atoms with van der Waals surface area (Å²) in [6, 6.07) is 10.6. The molecule has 0 amide bonds. The predicted molar refractivity (Wildman–Crippen MR) is 126 cm³/mol. The molecule has 152 valence electrons. The lowest BCUT2D eigenvalue weighted by molar-refractivity contribution is -0.0266. The van der Waals surface area contributed by atoms with Crippen molar-refractivity contribution in [3.05, 3.63) is 48.6 Å². The highest BCUT2D eigenvalue weighted by atomic mass is 127. The van der Waals surface area contributed by atoms with Crippen molar-refractivity contribution >= 4 is 29.9 Å². The number of rotatable bonds is 9. The molecule has 1 aliphatic heterocycles. The quantitative estimate of drug-likeness (QED) is 0.175. The summed E-state index contributed by atoms with van der Waals surface area (Å²) in [4.78, 5) is 6.69. The standard InChI is InChI=1S/C22H35N3O.HI/c1-4-5-6-7-11-16-25(3)22(23-2)24-18-20-15-12-17-26-21(20)19-13-9-8-10-14-19;/h4,8-10,13-14,20-21H,1,5-7,11-12,15-18H2,2-3H3,(H,23,24);1H. The van der Waals surface area contributed by atoms with Crippen molar-refractivity contribution in [3.63, 3.8) is 0 Å². The molecule has 2 unspecified atom stereocenters. The highest BCUT2D eigenvalue weighted by Crippen LogP contribution is 2.33. The molecule has 1 heterocycles. The average molecular weight is 485 g/mol. The minimum atomic E-state index is 0. The van der Waals surface area contributed by atoms with E-state index in [9.17, 15) is 0 Å². The summed E-state index contributed by atoms with van der Waals surface area (Å²) < 4.78 is 6.10. The number of benzene rings is 1. The van der Waals surface area contributed by atoms with E-state index in [1.807, 2.05) is 13.1 Å². The normalized spacial score (nSPS) is 19.9. The summed E-state index contributed by atoms with van der Waals surface area (Å²) in [5.74, 6) is 1.45. The Bertz CT molecular complexity index is 550. The molecular formula is C22H36IN3O. The van der Waals surface area contributed by atoms with Gasteiger partial charge in [-0.15, -0.1) is 30.6 Å². The van der Waals surface area contributed by atoms with Crippen molar-refractivity contribution in [2.75, 3.05) is 33.8 Å². The molecule has 0 spiro atoms. The molecule has 27 heavy (non-hydrogen) atoms. The molecule has 0 radical (unpaired) electrons. The third kappa shape index (κ3) is 8.21. The molecule has 0 aromatic heterocycles. The van der Waals surface area contributed by atoms with Crippen LogP contribution in [0, 0.1) is 5.92 Å². The molecule has 1 aromatic rings. The van der Waals surface area contributed by atoms with Crippen molar-refractivity contribution in [1.29, 1.82) is 0 Å². The van der Waals surface area contributed by atoms with Crippen LogP contribution in [0.5, 0.6) is 0 Å². The molecule has 1 fully saturated rings. The zero-order chi connectivity index (χ0) is 18.6. The smallest absolute Gasteiger partial charge is 0.193 e. The van der Waals surface area contributed by atoms with Crippen LogP contribution < -0.4 is 5.32 Å². The Hall–Kier alpha value is -1.08. The van der Waals surface area contributed by atoms with Crippen LogP contribution in [0.15, 0.2) is 48.0 Å². The van der Waals surface area contributed by atoms with Crippen molar-refractivity contribution in [2.45, 2.75) is 44.6 Å². The summed E-state index contributed by atoms with van der Waals surface area (Å²) in [6.07, 6.45) is 9.26. The first kappa shape index (κ1) is 24.0. The molecule has 2 atom stereocenters. The van der Waals surface area contributed by atoms with Crippen LogP contribution in [0.25, 0.3) is 0 Å². The van der Waals surface area contributed by atoms with Gasteiger partial charge in [0.05, 0.1) is 6.10 Å². The maximum absolute atomic E-state index is 6.10. The van der Waals surface area contributed by atoms with E-state index in [-0.39, 0.29) is 30.1 Å². The molecule has 2 rings (SSSR count). The number of hydrogen-bond acceptors (Lipinski definition) is 2. The Balaban J connectivity index is 0.00000364. The molecule has 0 saturated carbocycles. The van der Waals surface area contributed by atoms with Crippen LogP contribution in [-0.4, -0.2) is 44.7 Å². The van der Waals surface area contributed by atoms with Crippen LogP contribution in [0.1, 0.15) is 50.2 Å². The molecule has 1 aromatic carbocycles. The maximum Gasteiger partial charge on any atom is 0.193 e. The third-order valence-electron chi connectivity index (χ3n) is 5.07. The number of nitrogens with one attached hydrogen (secondary N) is 1. The summed E-state index contributed by atoms with van der Waals surface area (Å²) in [5, 5.41) is 3.57. The Morgan fingerprint density at radius 1 is 1.30 bits per heavy atom. The summed E-state index contributed by atoms with van der Waals surface area (Å²) in [5.41, 5.74) is 1.28. The number of unbranched alkanes of at least 4 members (excludes halogenated alkanes) is 3. The average Bonchev–Trinajstić information content (AvgIpc) is 2.69. The molecular weight excluding hydrogens is 449 g/mol. The van der Waals surface area contributed by atoms with Gasteiger partial charge in [0.1, 0.15) is 0 Å². The molecule has 1 aliphatic rings. The minimum absolute atomic E-state index is 0. The number of ether oxygens (including phenoxy) is 1. The van der Waals surface area contributed by atoms with Crippen molar-refractivity contribution in [3.8, 4) is 0 Å². The van der Waals surface area contributed by atoms with E-state index >= 15 is 0 Å². The molecule has 0 aliphatic carbocycles. The first-order valence-corrected chi connectivity index (χ1v) is 9.95. The Morgan fingerprint density at radius 2 is 2.07 bits per heavy atom. The van der Waals surface area contributed by atoms with Gasteiger partial charge in [0.25, 0.3) is 0 Å². The van der Waals surface area contributed by atoms with Gasteiger partial charge in [0.2, 0.25) is 0 Å². The monoisotopic (exact) mass is 485 g/mol. The van der Waals surface area contributed by atoms with Gasteiger partial charge in [0.15, 0.2) is 5.96 Å². The number of nitrogens with zero attached hydrogens (tertiary/aromatic N) is 2. The summed E-state index contributed by atoms with van der Waals surface area (Å²) in [6.45, 7) is 6.56. The van der Waals surface area contributed by atoms with E-state index in [0.717, 1.165) is 38.5 Å². The predicted octanol–water partition coefficient (Wildman–Crippen LogP) is 5.03. The number of hydrogen-bond donors (Lipinski definition) is 1. The first-order chi connectivity index (χ1) is 12.8. The largest absolute Gasteiger partial charge is 0.373 e. The first-order valence-electron chi connectivity index (χ1n) is 9.95. The van der Waals surface area contributed by atoms with Crippen LogP contribution in [0.2, 0.25) is 0 Å². The minimum Gasteiger partial charge on any atom is -0.373 e. The van der Waals surface area contributed by atoms with Crippen LogP contribution in [0.4, 0.5) is 0 Å². The van der Waals surface area contributed by atoms with E-state index in [4.69, 9.17) is 4.74 Å². The zero-order valence-electron chi connectivity index (χ0n) is 16.9. The van der Waals surface area contributed by atoms with E-state index in [1.165, 1.54) is 31.2 Å². The SMILES string of the molecule is C=CCCCCCN(C)C(=NC)NCC1CCCOC1c1ccccc1.I. The van der Waals surface area contributed by atoms with Crippen LogP contribution in [-0.2, 0) is 4.74 Å². The van der Waals surface area contributed by atoms with Crippen LogP contribution in [0.3, 0.4) is 0 Å².